The van der Waals surface area contributed by atoms with Gasteiger partial charge in [0.25, 0.3) is 0 Å². The van der Waals surface area contributed by atoms with Crippen LogP contribution in [0.5, 0.6) is 0 Å². The first-order valence-electron chi connectivity index (χ1n) is 16.0. The Morgan fingerprint density at radius 2 is 0.930 bits per heavy atom. The van der Waals surface area contributed by atoms with Crippen LogP contribution < -0.4 is 21.4 Å². The van der Waals surface area contributed by atoms with E-state index in [4.69, 9.17) is 4.12 Å². The Labute approximate surface area is 257 Å². The summed E-state index contributed by atoms with van der Waals surface area (Å²) in [6.45, 7) is 23.9. The van der Waals surface area contributed by atoms with Crippen molar-refractivity contribution in [3.8, 4) is 0 Å². The lowest BCUT2D eigenvalue weighted by Gasteiger charge is -2.35. The van der Waals surface area contributed by atoms with Crippen molar-refractivity contribution >= 4 is 41.6 Å². The maximum absolute atomic E-state index is 19.3. The Balaban J connectivity index is 2.02. The molecule has 0 amide bonds. The molecule has 43 heavy (non-hydrogen) atoms. The van der Waals surface area contributed by atoms with Crippen molar-refractivity contribution < 1.29 is 8.22 Å². The lowest BCUT2D eigenvalue weighted by atomic mass is 10.0. The van der Waals surface area contributed by atoms with Crippen molar-refractivity contribution in [1.82, 2.24) is 18.4 Å². The molecule has 6 bridgehead atoms. The molecule has 6 rings (SSSR count). The summed E-state index contributed by atoms with van der Waals surface area (Å²) in [5.41, 5.74) is 13.2. The SMILES string of the molecule is CCc1c(C)c2n3c1/C=c1\[nH]/c(c(CC)c1C)=C\c1c(C)c(CC)c(n1[Si]3(F)O[Si](C)(C)C)/C=c1\[nH]/c(c(CC)c1C)=C\2. The molecule has 2 aliphatic rings. The number of fused-ring (bicyclic) bond motifs is 4. The van der Waals surface area contributed by atoms with Gasteiger partial charge in [0.1, 0.15) is 0 Å². The number of nitrogens with one attached hydrogen (secondary N) is 2. The van der Waals surface area contributed by atoms with Gasteiger partial charge in [0.15, 0.2) is 8.32 Å². The zero-order valence-corrected chi connectivity index (χ0v) is 29.8. The highest BCUT2D eigenvalue weighted by molar-refractivity contribution is 6.81. The van der Waals surface area contributed by atoms with Crippen molar-refractivity contribution in [3.05, 3.63) is 88.7 Å². The van der Waals surface area contributed by atoms with Gasteiger partial charge in [-0.25, -0.2) is 4.11 Å². The minimum atomic E-state index is -4.46. The van der Waals surface area contributed by atoms with E-state index < -0.39 is 17.3 Å². The minimum absolute atomic E-state index is 0.800. The molecule has 4 aromatic heterocycles. The van der Waals surface area contributed by atoms with Crippen LogP contribution in [0.25, 0.3) is 24.3 Å². The van der Waals surface area contributed by atoms with Crippen LogP contribution >= 0.6 is 0 Å². The van der Waals surface area contributed by atoms with Crippen molar-refractivity contribution in [2.45, 2.75) is 101 Å². The maximum Gasteiger partial charge on any atom is 0.627 e. The summed E-state index contributed by atoms with van der Waals surface area (Å²) >= 11 is 0. The Hall–Kier alpha value is -3.08. The summed E-state index contributed by atoms with van der Waals surface area (Å²) < 4.78 is 30.4. The number of aromatic amines is 2. The van der Waals surface area contributed by atoms with Crippen LogP contribution in [0.1, 0.15) is 95.0 Å². The Morgan fingerprint density at radius 1 is 0.581 bits per heavy atom. The Bertz CT molecular complexity index is 1910. The number of hydrogen-bond donors (Lipinski definition) is 2. The first-order valence-corrected chi connectivity index (χ1v) is 21.1. The third kappa shape index (κ3) is 4.31. The van der Waals surface area contributed by atoms with E-state index in [1.54, 1.807) is 0 Å². The summed E-state index contributed by atoms with van der Waals surface area (Å²) in [6.07, 6.45) is 12.2. The summed E-state index contributed by atoms with van der Waals surface area (Å²) in [4.78, 5) is 7.54. The number of H-pyrrole nitrogens is 2. The molecular weight excluding hydrogens is 568 g/mol. The fourth-order valence-electron chi connectivity index (χ4n) is 7.63. The largest absolute Gasteiger partial charge is 0.627 e. The molecule has 0 radical (unpaired) electrons. The van der Waals surface area contributed by atoms with Crippen molar-refractivity contribution in [2.24, 2.45) is 0 Å². The summed E-state index contributed by atoms with van der Waals surface area (Å²) in [6, 6.07) is 0. The topological polar surface area (TPSA) is 50.7 Å². The smallest absolute Gasteiger partial charge is 0.401 e. The third-order valence-corrected chi connectivity index (χ3v) is 15.2. The Morgan fingerprint density at radius 3 is 1.26 bits per heavy atom. The lowest BCUT2D eigenvalue weighted by Crippen LogP contribution is -2.58. The van der Waals surface area contributed by atoms with Crippen LogP contribution in [0.3, 0.4) is 0 Å². The predicted octanol–water partition coefficient (Wildman–Crippen LogP) is 5.02. The van der Waals surface area contributed by atoms with Crippen LogP contribution in [0.2, 0.25) is 19.6 Å². The van der Waals surface area contributed by atoms with E-state index >= 15 is 4.11 Å². The van der Waals surface area contributed by atoms with Gasteiger partial charge >= 0.3 is 8.97 Å². The molecule has 8 heteroatoms. The van der Waals surface area contributed by atoms with E-state index in [9.17, 15) is 0 Å². The highest BCUT2D eigenvalue weighted by Gasteiger charge is 2.53. The van der Waals surface area contributed by atoms with E-state index in [1.165, 1.54) is 33.4 Å². The van der Waals surface area contributed by atoms with Gasteiger partial charge in [0.05, 0.1) is 0 Å². The molecule has 0 aliphatic carbocycles. The number of aromatic nitrogens is 4. The van der Waals surface area contributed by atoms with Crippen LogP contribution in [0.15, 0.2) is 0 Å². The third-order valence-electron chi connectivity index (χ3n) is 9.68. The van der Waals surface area contributed by atoms with Crippen LogP contribution in [-0.2, 0) is 29.8 Å². The second-order valence-electron chi connectivity index (χ2n) is 13.3. The molecule has 2 N–H and O–H groups in total. The maximum atomic E-state index is 19.3. The zero-order chi connectivity index (χ0) is 31.2. The number of hydrogen-bond acceptors (Lipinski definition) is 1. The first-order chi connectivity index (χ1) is 20.3. The Kier molecular flexibility index (Phi) is 7.14. The molecule has 2 aliphatic heterocycles. The molecule has 228 valence electrons. The van der Waals surface area contributed by atoms with E-state index in [0.717, 1.165) is 81.0 Å². The molecule has 0 spiro atoms. The molecule has 0 unspecified atom stereocenters. The fourth-order valence-corrected chi connectivity index (χ4v) is 13.7. The highest BCUT2D eigenvalue weighted by Crippen LogP contribution is 2.37. The van der Waals surface area contributed by atoms with Crippen LogP contribution in [0.4, 0.5) is 4.11 Å². The summed E-state index contributed by atoms with van der Waals surface area (Å²) in [5, 5.41) is 4.22. The molecule has 0 saturated carbocycles. The predicted molar refractivity (Wildman–Crippen MR) is 182 cm³/mol. The van der Waals surface area contributed by atoms with E-state index in [2.05, 4.69) is 109 Å². The van der Waals surface area contributed by atoms with Gasteiger partial charge in [-0.2, -0.15) is 0 Å². The minimum Gasteiger partial charge on any atom is -0.401 e. The molecule has 0 saturated heterocycles. The van der Waals surface area contributed by atoms with E-state index in [-0.39, 0.29) is 0 Å². The molecule has 0 fully saturated rings. The van der Waals surface area contributed by atoms with Crippen LogP contribution in [-0.4, -0.2) is 35.7 Å². The number of nitrogens with zero attached hydrogens (tertiary/aromatic N) is 2. The van der Waals surface area contributed by atoms with Gasteiger partial charge in [-0.1, -0.05) is 27.7 Å². The second kappa shape index (κ2) is 10.2. The lowest BCUT2D eigenvalue weighted by molar-refractivity contribution is 0.413. The second-order valence-corrected chi connectivity index (χ2v) is 20.3. The monoisotopic (exact) mass is 614 g/mol. The molecule has 4 aromatic rings. The average Bonchev–Trinajstić information content (AvgIpc) is 3.57. The van der Waals surface area contributed by atoms with E-state index in [0.29, 0.717) is 0 Å². The standard InChI is InChI=1S/C35H47FN4OSi2/c1-12-24-20(5)28-16-34-27(15-4)23(8)33-19-31-25(13-2)21(6)29(38-31)17-35-26(14-3)22(7)32(18-30(24)37-28)39(35)43(36,40(33)34)41-42(9,10)11/h16-19,37-38H,12-15H2,1-11H3/b28-16-,29-17-,30-18-,31-19-,32-18?,33-19?,34-16?,35-17?. The van der Waals surface area contributed by atoms with Crippen molar-refractivity contribution in [2.75, 3.05) is 0 Å². The van der Waals surface area contributed by atoms with Crippen molar-refractivity contribution in [1.29, 1.82) is 0 Å². The fraction of sp³-hybridized carbons (Fsp3) is 0.429. The first kappa shape index (κ1) is 30.0. The normalized spacial score (nSPS) is 18.1. The summed E-state index contributed by atoms with van der Waals surface area (Å²) in [5.74, 6) is 0. The quantitative estimate of drug-likeness (QED) is 0.205. The van der Waals surface area contributed by atoms with Crippen molar-refractivity contribution in [3.63, 3.8) is 0 Å². The van der Waals surface area contributed by atoms with Gasteiger partial charge in [-0.3, -0.25) is 0 Å². The van der Waals surface area contributed by atoms with Crippen LogP contribution in [0, 0.1) is 27.7 Å². The number of halogens is 1. The highest BCUT2D eigenvalue weighted by atomic mass is 28.5. The molecule has 0 aromatic carbocycles. The van der Waals surface area contributed by atoms with E-state index in [1.807, 2.05) is 8.47 Å². The number of rotatable bonds is 6. The molecular formula is C35H47FN4OSi2. The van der Waals surface area contributed by atoms with Gasteiger partial charge in [-0.05, 0) is 142 Å². The average molecular weight is 615 g/mol. The molecule has 0 atom stereocenters. The summed E-state index contributed by atoms with van der Waals surface area (Å²) in [7, 11) is -6.88. The molecule has 5 nitrogen and oxygen atoms in total. The molecule has 6 heterocycles. The van der Waals surface area contributed by atoms with Gasteiger partial charge < -0.3 is 22.5 Å². The zero-order valence-electron chi connectivity index (χ0n) is 27.8. The van der Waals surface area contributed by atoms with Gasteiger partial charge in [0.2, 0.25) is 0 Å². The van der Waals surface area contributed by atoms with Gasteiger partial charge in [0, 0.05) is 44.2 Å². The van der Waals surface area contributed by atoms with Gasteiger partial charge in [-0.15, -0.1) is 0 Å².